The van der Waals surface area contributed by atoms with E-state index < -0.39 is 23.3 Å². The minimum atomic E-state index is -0.799. The number of nitrogens with zero attached hydrogens (tertiary/aromatic N) is 3. The van der Waals surface area contributed by atoms with Gasteiger partial charge >= 0.3 is 6.09 Å². The molecular formula is C31H30F2N4O4. The molecule has 1 heterocycles. The molecule has 1 aromatic heterocycles. The minimum absolute atomic E-state index is 0.0247. The van der Waals surface area contributed by atoms with E-state index in [0.717, 1.165) is 41.3 Å². The first-order chi connectivity index (χ1) is 19.7. The maximum atomic E-state index is 14.3. The molecule has 41 heavy (non-hydrogen) atoms. The lowest BCUT2D eigenvalue weighted by Gasteiger charge is -2.17. The standard InChI is InChI=1S/C31H30F2N4O4/c1-4-8-27-35-25(5-2)28(41-26-17-21(32)15-16-24(26)33)30(38)37(27)18-19-11-13-20(14-12-19)22-9-6-7-10-23(22)29(34)36-31(39)40-3/h6-7,9-17H,4-5,8,18H2,1-3H3,(H2,34,36,39). The number of aromatic nitrogens is 2. The summed E-state index contributed by atoms with van der Waals surface area (Å²) in [6.45, 7) is 3.98. The topological polar surface area (TPSA) is 109 Å². The Morgan fingerprint density at radius 1 is 1.05 bits per heavy atom. The Bertz CT molecular complexity index is 1650. The highest BCUT2D eigenvalue weighted by atomic mass is 19.1. The van der Waals surface area contributed by atoms with Gasteiger partial charge in [0.2, 0.25) is 5.75 Å². The Balaban J connectivity index is 1.71. The zero-order chi connectivity index (χ0) is 29.5. The number of rotatable bonds is 9. The van der Waals surface area contributed by atoms with Gasteiger partial charge in [-0.05, 0) is 41.7 Å². The van der Waals surface area contributed by atoms with Crippen LogP contribution >= 0.6 is 0 Å². The zero-order valence-electron chi connectivity index (χ0n) is 23.0. The highest BCUT2D eigenvalue weighted by molar-refractivity contribution is 6.07. The van der Waals surface area contributed by atoms with Crippen LogP contribution in [0.3, 0.4) is 0 Å². The molecule has 0 aliphatic heterocycles. The molecule has 1 amide bonds. The SMILES string of the molecule is CCCc1nc(CC)c(Oc2cc(F)ccc2F)c(=O)n1Cc1ccc(-c2ccccc2/C(N)=N/C(=O)OC)cc1. The van der Waals surface area contributed by atoms with Gasteiger partial charge in [0.25, 0.3) is 5.56 Å². The van der Waals surface area contributed by atoms with E-state index in [9.17, 15) is 18.4 Å². The highest BCUT2D eigenvalue weighted by Gasteiger charge is 2.20. The number of carbonyl (C=O) groups excluding carboxylic acids is 1. The van der Waals surface area contributed by atoms with Gasteiger partial charge in [-0.1, -0.05) is 62.4 Å². The summed E-state index contributed by atoms with van der Waals surface area (Å²) in [5, 5.41) is 0. The van der Waals surface area contributed by atoms with Gasteiger partial charge in [-0.25, -0.2) is 18.6 Å². The van der Waals surface area contributed by atoms with Crippen molar-refractivity contribution >= 4 is 11.9 Å². The van der Waals surface area contributed by atoms with Crippen LogP contribution in [-0.2, 0) is 24.1 Å². The van der Waals surface area contributed by atoms with Crippen molar-refractivity contribution in [3.63, 3.8) is 0 Å². The fourth-order valence-electron chi connectivity index (χ4n) is 4.35. The van der Waals surface area contributed by atoms with Crippen molar-refractivity contribution in [1.29, 1.82) is 0 Å². The van der Waals surface area contributed by atoms with Crippen LogP contribution in [0.4, 0.5) is 13.6 Å². The van der Waals surface area contributed by atoms with Crippen molar-refractivity contribution in [2.45, 2.75) is 39.7 Å². The smallest absolute Gasteiger partial charge is 0.435 e. The lowest BCUT2D eigenvalue weighted by molar-refractivity contribution is 0.182. The average Bonchev–Trinajstić information content (AvgIpc) is 2.98. The molecule has 2 N–H and O–H groups in total. The first-order valence-corrected chi connectivity index (χ1v) is 13.1. The summed E-state index contributed by atoms with van der Waals surface area (Å²) in [7, 11) is 1.22. The summed E-state index contributed by atoms with van der Waals surface area (Å²) in [4.78, 5) is 33.7. The molecule has 3 aromatic carbocycles. The number of hydrogen-bond acceptors (Lipinski definition) is 5. The molecular weight excluding hydrogens is 530 g/mol. The largest absolute Gasteiger partial charge is 0.451 e. The molecule has 0 radical (unpaired) electrons. The van der Waals surface area contributed by atoms with Crippen LogP contribution in [0.5, 0.6) is 11.5 Å². The second-order valence-electron chi connectivity index (χ2n) is 9.19. The second-order valence-corrected chi connectivity index (χ2v) is 9.19. The van der Waals surface area contributed by atoms with Gasteiger partial charge in [0.15, 0.2) is 11.6 Å². The Hall–Kier alpha value is -4.86. The van der Waals surface area contributed by atoms with Gasteiger partial charge in [-0.3, -0.25) is 9.36 Å². The van der Waals surface area contributed by atoms with E-state index in [1.165, 1.54) is 11.7 Å². The molecule has 4 rings (SSSR count). The summed E-state index contributed by atoms with van der Waals surface area (Å²) in [6.07, 6.45) is 0.863. The molecule has 0 bridgehead atoms. The molecule has 0 aliphatic rings. The molecule has 0 saturated carbocycles. The van der Waals surface area contributed by atoms with E-state index >= 15 is 0 Å². The number of aryl methyl sites for hydroxylation is 2. The number of aliphatic imine (C=N–C) groups is 1. The molecule has 10 heteroatoms. The second kappa shape index (κ2) is 13.0. The third kappa shape index (κ3) is 6.66. The van der Waals surface area contributed by atoms with Crippen LogP contribution in [0.15, 0.2) is 76.5 Å². The van der Waals surface area contributed by atoms with Crippen LogP contribution in [0.1, 0.15) is 42.9 Å². The first-order valence-electron chi connectivity index (χ1n) is 13.1. The predicted octanol–water partition coefficient (Wildman–Crippen LogP) is 6.02. The van der Waals surface area contributed by atoms with Gasteiger partial charge in [0.05, 0.1) is 19.3 Å². The first kappa shape index (κ1) is 29.1. The Kier molecular flexibility index (Phi) is 9.23. The van der Waals surface area contributed by atoms with Gasteiger partial charge in [0.1, 0.15) is 17.5 Å². The molecule has 0 spiro atoms. The lowest BCUT2D eigenvalue weighted by atomic mass is 9.98. The number of methoxy groups -OCH3 is 1. The molecule has 212 valence electrons. The number of carbonyl (C=O) groups is 1. The normalized spacial score (nSPS) is 11.4. The third-order valence-electron chi connectivity index (χ3n) is 6.39. The fraction of sp³-hybridized carbons (Fsp3) is 0.226. The zero-order valence-corrected chi connectivity index (χ0v) is 23.0. The number of halogens is 2. The summed E-state index contributed by atoms with van der Waals surface area (Å²) in [5.74, 6) is -1.39. The summed E-state index contributed by atoms with van der Waals surface area (Å²) < 4.78 is 39.8. The highest BCUT2D eigenvalue weighted by Crippen LogP contribution is 2.27. The molecule has 0 unspecified atom stereocenters. The molecule has 8 nitrogen and oxygen atoms in total. The van der Waals surface area contributed by atoms with Gasteiger partial charge < -0.3 is 15.2 Å². The van der Waals surface area contributed by atoms with E-state index in [2.05, 4.69) is 14.7 Å². The summed E-state index contributed by atoms with van der Waals surface area (Å²) >= 11 is 0. The van der Waals surface area contributed by atoms with Crippen molar-refractivity contribution in [2.75, 3.05) is 7.11 Å². The van der Waals surface area contributed by atoms with Crippen molar-refractivity contribution in [2.24, 2.45) is 10.7 Å². The number of benzene rings is 3. The number of amides is 1. The van der Waals surface area contributed by atoms with Crippen molar-refractivity contribution in [1.82, 2.24) is 9.55 Å². The Morgan fingerprint density at radius 2 is 1.78 bits per heavy atom. The van der Waals surface area contributed by atoms with Crippen LogP contribution < -0.4 is 16.0 Å². The van der Waals surface area contributed by atoms with E-state index in [1.54, 1.807) is 12.1 Å². The van der Waals surface area contributed by atoms with Crippen LogP contribution in [0.25, 0.3) is 11.1 Å². The van der Waals surface area contributed by atoms with E-state index in [0.29, 0.717) is 29.9 Å². The molecule has 0 atom stereocenters. The lowest BCUT2D eigenvalue weighted by Crippen LogP contribution is -2.28. The number of ether oxygens (including phenoxy) is 2. The predicted molar refractivity (Wildman–Crippen MR) is 152 cm³/mol. The monoisotopic (exact) mass is 560 g/mol. The third-order valence-corrected chi connectivity index (χ3v) is 6.39. The van der Waals surface area contributed by atoms with E-state index in [4.69, 9.17) is 10.5 Å². The number of hydrogen-bond donors (Lipinski definition) is 1. The van der Waals surface area contributed by atoms with Crippen molar-refractivity contribution in [3.8, 4) is 22.6 Å². The fourth-order valence-corrected chi connectivity index (χ4v) is 4.35. The Labute approximate surface area is 236 Å². The number of nitrogens with two attached hydrogens (primary N) is 1. The molecule has 0 saturated heterocycles. The van der Waals surface area contributed by atoms with Gasteiger partial charge in [-0.15, -0.1) is 0 Å². The van der Waals surface area contributed by atoms with Crippen LogP contribution in [0, 0.1) is 11.6 Å². The summed E-state index contributed by atoms with van der Waals surface area (Å²) in [6, 6.07) is 17.5. The maximum absolute atomic E-state index is 14.3. The molecule has 0 aliphatic carbocycles. The van der Waals surface area contributed by atoms with Crippen LogP contribution in [-0.4, -0.2) is 28.6 Å². The van der Waals surface area contributed by atoms with Crippen molar-refractivity contribution in [3.05, 3.63) is 111 Å². The van der Waals surface area contributed by atoms with Crippen LogP contribution in [0.2, 0.25) is 0 Å². The molecule has 4 aromatic rings. The Morgan fingerprint density at radius 3 is 2.46 bits per heavy atom. The van der Waals surface area contributed by atoms with Gasteiger partial charge in [0, 0.05) is 18.1 Å². The summed E-state index contributed by atoms with van der Waals surface area (Å²) in [5.41, 5.74) is 8.90. The minimum Gasteiger partial charge on any atom is -0.451 e. The molecule has 0 fully saturated rings. The quantitative estimate of drug-likeness (QED) is 0.198. The number of amidine groups is 1. The average molecular weight is 561 g/mol. The van der Waals surface area contributed by atoms with Crippen molar-refractivity contribution < 1.29 is 23.0 Å². The van der Waals surface area contributed by atoms with E-state index in [1.807, 2.05) is 50.2 Å². The van der Waals surface area contributed by atoms with E-state index in [-0.39, 0.29) is 23.9 Å². The maximum Gasteiger partial charge on any atom is 0.435 e. The van der Waals surface area contributed by atoms with Gasteiger partial charge in [-0.2, -0.15) is 4.99 Å².